The number of aromatic nitrogens is 1. The van der Waals surface area contributed by atoms with E-state index in [1.54, 1.807) is 6.92 Å². The molecule has 0 atom stereocenters. The molecule has 0 aromatic carbocycles. The van der Waals surface area contributed by atoms with Gasteiger partial charge in [0.05, 0.1) is 12.2 Å². The van der Waals surface area contributed by atoms with Crippen LogP contribution in [0.15, 0.2) is 0 Å². The summed E-state index contributed by atoms with van der Waals surface area (Å²) in [6.45, 7) is 1.54. The van der Waals surface area contributed by atoms with Gasteiger partial charge < -0.3 is 5.11 Å². The lowest BCUT2D eigenvalue weighted by atomic mass is 10.4. The third-order valence-electron chi connectivity index (χ3n) is 1.72. The van der Waals surface area contributed by atoms with Gasteiger partial charge in [-0.3, -0.25) is 0 Å². The van der Waals surface area contributed by atoms with Crippen LogP contribution in [0.3, 0.4) is 0 Å². The number of thiazole rings is 1. The fourth-order valence-corrected chi connectivity index (χ4v) is 2.36. The monoisotopic (exact) mass is 265 g/mol. The first-order valence-electron chi connectivity index (χ1n) is 4.23. The van der Waals surface area contributed by atoms with Crippen LogP contribution in [0.2, 0.25) is 0 Å². The van der Waals surface area contributed by atoms with Gasteiger partial charge in [0, 0.05) is 7.05 Å². The van der Waals surface area contributed by atoms with Crippen LogP contribution in [0.5, 0.6) is 0 Å². The van der Waals surface area contributed by atoms with E-state index in [9.17, 15) is 13.2 Å². The maximum absolute atomic E-state index is 11.0. The van der Waals surface area contributed by atoms with Gasteiger partial charge in [0.15, 0.2) is 0 Å². The summed E-state index contributed by atoms with van der Waals surface area (Å²) in [5, 5.41) is 9.18. The van der Waals surface area contributed by atoms with E-state index in [0.717, 1.165) is 11.3 Å². The number of carbonyl (C=O) groups is 1. The van der Waals surface area contributed by atoms with Crippen LogP contribution in [0.25, 0.3) is 0 Å². The molecule has 0 amide bonds. The summed E-state index contributed by atoms with van der Waals surface area (Å²) in [5.74, 6) is -1.06. The number of rotatable bonds is 5. The van der Waals surface area contributed by atoms with Crippen LogP contribution in [0.1, 0.15) is 20.4 Å². The van der Waals surface area contributed by atoms with Crippen LogP contribution in [-0.2, 0) is 16.8 Å². The lowest BCUT2D eigenvalue weighted by Gasteiger charge is -2.01. The third kappa shape index (κ3) is 3.23. The molecule has 90 valence electrons. The Morgan fingerprint density at radius 3 is 2.62 bits per heavy atom. The molecule has 0 radical (unpaired) electrons. The Labute approximate surface area is 96.7 Å². The van der Waals surface area contributed by atoms with Crippen LogP contribution in [0.4, 0.5) is 0 Å². The first-order valence-corrected chi connectivity index (χ1v) is 6.53. The highest BCUT2D eigenvalue weighted by molar-refractivity contribution is 7.87. The van der Waals surface area contributed by atoms with Crippen molar-refractivity contribution in [2.75, 3.05) is 7.05 Å². The molecule has 1 aromatic rings. The zero-order valence-electron chi connectivity index (χ0n) is 8.64. The fourth-order valence-electron chi connectivity index (χ4n) is 0.955. The molecule has 0 bridgehead atoms. The second-order valence-corrected chi connectivity index (χ2v) is 5.64. The van der Waals surface area contributed by atoms with Crippen molar-refractivity contribution < 1.29 is 18.3 Å². The van der Waals surface area contributed by atoms with Crippen molar-refractivity contribution in [1.29, 1.82) is 0 Å². The zero-order valence-corrected chi connectivity index (χ0v) is 10.3. The minimum Gasteiger partial charge on any atom is -0.477 e. The van der Waals surface area contributed by atoms with Crippen molar-refractivity contribution in [2.45, 2.75) is 13.5 Å². The Morgan fingerprint density at radius 2 is 2.19 bits per heavy atom. The summed E-state index contributed by atoms with van der Waals surface area (Å²) in [6, 6.07) is 0. The van der Waals surface area contributed by atoms with Crippen molar-refractivity contribution in [3.05, 3.63) is 15.6 Å². The average molecular weight is 265 g/mol. The van der Waals surface area contributed by atoms with Crippen molar-refractivity contribution in [1.82, 2.24) is 14.4 Å². The molecule has 7 nitrogen and oxygen atoms in total. The topological polar surface area (TPSA) is 108 Å². The molecule has 0 unspecified atom stereocenters. The molecule has 1 heterocycles. The molecule has 0 fully saturated rings. The molecule has 0 aliphatic carbocycles. The number of carboxylic acid groups (broad SMARTS) is 1. The van der Waals surface area contributed by atoms with E-state index >= 15 is 0 Å². The van der Waals surface area contributed by atoms with Gasteiger partial charge in [0.2, 0.25) is 0 Å². The molecular formula is C7H11N3O4S2. The maximum atomic E-state index is 11.0. The summed E-state index contributed by atoms with van der Waals surface area (Å²) in [4.78, 5) is 14.8. The van der Waals surface area contributed by atoms with Crippen LogP contribution in [-0.4, -0.2) is 31.5 Å². The minimum absolute atomic E-state index is 0.0258. The van der Waals surface area contributed by atoms with Crippen molar-refractivity contribution in [2.24, 2.45) is 0 Å². The number of nitrogens with one attached hydrogen (secondary N) is 2. The van der Waals surface area contributed by atoms with Crippen LogP contribution >= 0.6 is 11.3 Å². The van der Waals surface area contributed by atoms with Crippen molar-refractivity contribution in [3.63, 3.8) is 0 Å². The molecule has 0 saturated heterocycles. The quantitative estimate of drug-likeness (QED) is 0.677. The minimum atomic E-state index is -3.52. The molecule has 1 rings (SSSR count). The first kappa shape index (κ1) is 13.0. The SMILES string of the molecule is CNS(=O)(=O)NCc1nc(C)c(C(=O)O)s1. The predicted octanol–water partition coefficient (Wildman–Crippen LogP) is -0.296. The Morgan fingerprint density at radius 1 is 1.56 bits per heavy atom. The zero-order chi connectivity index (χ0) is 12.3. The van der Waals surface area contributed by atoms with Crippen molar-refractivity contribution >= 4 is 27.5 Å². The molecule has 0 spiro atoms. The summed E-state index contributed by atoms with van der Waals surface area (Å²) in [5.41, 5.74) is 0.385. The number of aromatic carboxylic acids is 1. The molecule has 0 saturated carbocycles. The van der Waals surface area contributed by atoms with Crippen LogP contribution in [0, 0.1) is 6.92 Å². The van der Waals surface area contributed by atoms with E-state index in [-0.39, 0.29) is 11.4 Å². The summed E-state index contributed by atoms with van der Waals surface area (Å²) in [7, 11) is -2.25. The smallest absolute Gasteiger partial charge is 0.347 e. The van der Waals surface area contributed by atoms with E-state index in [4.69, 9.17) is 5.11 Å². The molecule has 1 aromatic heterocycles. The largest absolute Gasteiger partial charge is 0.477 e. The maximum Gasteiger partial charge on any atom is 0.347 e. The van der Waals surface area contributed by atoms with Gasteiger partial charge in [0.25, 0.3) is 10.2 Å². The summed E-state index contributed by atoms with van der Waals surface area (Å²) >= 11 is 0.953. The van der Waals surface area contributed by atoms with Gasteiger partial charge in [-0.25, -0.2) is 14.5 Å². The lowest BCUT2D eigenvalue weighted by Crippen LogP contribution is -2.33. The Bertz CT molecular complexity index is 494. The standard InChI is InChI=1S/C7H11N3O4S2/c1-4-6(7(11)12)15-5(10-4)3-9-16(13,14)8-2/h8-9H,3H2,1-2H3,(H,11,12). The average Bonchev–Trinajstić information content (AvgIpc) is 2.57. The second-order valence-electron chi connectivity index (χ2n) is 2.86. The molecule has 9 heteroatoms. The van der Waals surface area contributed by atoms with E-state index in [1.165, 1.54) is 7.05 Å². The van der Waals surface area contributed by atoms with Gasteiger partial charge in [-0.05, 0) is 6.92 Å². The Kier molecular flexibility index (Phi) is 3.97. The number of nitrogens with zero attached hydrogens (tertiary/aromatic N) is 1. The Hall–Kier alpha value is -1.03. The second kappa shape index (κ2) is 4.87. The van der Waals surface area contributed by atoms with E-state index in [1.807, 2.05) is 0 Å². The molecular weight excluding hydrogens is 254 g/mol. The first-order chi connectivity index (χ1) is 7.35. The molecule has 0 aliphatic heterocycles. The number of aryl methyl sites for hydroxylation is 1. The lowest BCUT2D eigenvalue weighted by molar-refractivity contribution is 0.0701. The normalized spacial score (nSPS) is 11.6. The summed E-state index contributed by atoms with van der Waals surface area (Å²) in [6.07, 6.45) is 0. The molecule has 3 N–H and O–H groups in total. The fraction of sp³-hybridized carbons (Fsp3) is 0.429. The van der Waals surface area contributed by atoms with Gasteiger partial charge in [0.1, 0.15) is 9.88 Å². The highest BCUT2D eigenvalue weighted by Gasteiger charge is 2.15. The Balaban J connectivity index is 2.77. The molecule has 0 aliphatic rings. The highest BCUT2D eigenvalue weighted by Crippen LogP contribution is 2.17. The number of hydrogen-bond donors (Lipinski definition) is 3. The van der Waals surface area contributed by atoms with Gasteiger partial charge in [-0.15, -0.1) is 11.3 Å². The molecule has 16 heavy (non-hydrogen) atoms. The van der Waals surface area contributed by atoms with Crippen LogP contribution < -0.4 is 9.44 Å². The highest BCUT2D eigenvalue weighted by atomic mass is 32.2. The van der Waals surface area contributed by atoms with Gasteiger partial charge in [-0.2, -0.15) is 13.1 Å². The number of hydrogen-bond acceptors (Lipinski definition) is 5. The summed E-state index contributed by atoms with van der Waals surface area (Å²) < 4.78 is 26.4. The van der Waals surface area contributed by atoms with Gasteiger partial charge >= 0.3 is 5.97 Å². The third-order valence-corrected chi connectivity index (χ3v) is 3.92. The van der Waals surface area contributed by atoms with E-state index < -0.39 is 16.2 Å². The van der Waals surface area contributed by atoms with E-state index in [2.05, 4.69) is 14.4 Å². The van der Waals surface area contributed by atoms with Crippen molar-refractivity contribution in [3.8, 4) is 0 Å². The van der Waals surface area contributed by atoms with Gasteiger partial charge in [-0.1, -0.05) is 0 Å². The predicted molar refractivity (Wildman–Crippen MR) is 58.6 cm³/mol. The number of carboxylic acids is 1. The van der Waals surface area contributed by atoms with E-state index in [0.29, 0.717) is 10.7 Å².